The molecule has 1 fully saturated rings. The van der Waals surface area contributed by atoms with Crippen LogP contribution in [-0.2, 0) is 19.9 Å². The first-order valence-corrected chi connectivity index (χ1v) is 8.42. The van der Waals surface area contributed by atoms with Gasteiger partial charge in [0, 0.05) is 5.54 Å². The molecule has 0 aromatic rings. The first-order valence-electron chi connectivity index (χ1n) is 4.54. The Hall–Kier alpha value is -0.250. The van der Waals surface area contributed by atoms with Gasteiger partial charge in [-0.3, -0.25) is 0 Å². The second-order valence-electron chi connectivity index (χ2n) is 4.23. The highest BCUT2D eigenvalue weighted by Crippen LogP contribution is 2.23. The average molecular weight is 286 g/mol. The first kappa shape index (κ1) is 13.8. The largest absolute Gasteiger partial charge is 0.392 e. The highest BCUT2D eigenvalue weighted by molar-refractivity contribution is 7.93. The molecule has 0 bridgehead atoms. The molecular weight excluding hydrogens is 272 g/mol. The minimum Gasteiger partial charge on any atom is -0.392 e. The van der Waals surface area contributed by atoms with Crippen LogP contribution in [0.25, 0.3) is 0 Å². The summed E-state index contributed by atoms with van der Waals surface area (Å²) in [6, 6.07) is 0. The SMILES string of the molecule is CC1(NS(=O)(=O)CC(N)=S)CCS(=O)(=O)C1. The van der Waals surface area contributed by atoms with Crippen molar-refractivity contribution in [3.63, 3.8) is 0 Å². The summed E-state index contributed by atoms with van der Waals surface area (Å²) in [6.07, 6.45) is 0.270. The van der Waals surface area contributed by atoms with E-state index in [9.17, 15) is 16.8 Å². The summed E-state index contributed by atoms with van der Waals surface area (Å²) < 4.78 is 48.0. The Balaban J connectivity index is 2.79. The summed E-state index contributed by atoms with van der Waals surface area (Å²) in [4.78, 5) is -0.142. The van der Waals surface area contributed by atoms with Gasteiger partial charge in [0.15, 0.2) is 9.84 Å². The molecule has 1 heterocycles. The molecule has 1 unspecified atom stereocenters. The van der Waals surface area contributed by atoms with E-state index in [1.807, 2.05) is 0 Å². The molecule has 1 atom stereocenters. The van der Waals surface area contributed by atoms with E-state index in [-0.39, 0.29) is 22.9 Å². The van der Waals surface area contributed by atoms with Crippen LogP contribution in [0.2, 0.25) is 0 Å². The Morgan fingerprint density at radius 3 is 2.50 bits per heavy atom. The number of nitrogens with two attached hydrogens (primary N) is 1. The van der Waals surface area contributed by atoms with Crippen molar-refractivity contribution in [3.8, 4) is 0 Å². The molecule has 0 spiro atoms. The maximum absolute atomic E-state index is 11.5. The highest BCUT2D eigenvalue weighted by Gasteiger charge is 2.41. The summed E-state index contributed by atoms with van der Waals surface area (Å²) >= 11 is 4.51. The zero-order valence-electron chi connectivity index (χ0n) is 8.76. The van der Waals surface area contributed by atoms with Gasteiger partial charge in [0.05, 0.1) is 16.5 Å². The Kier molecular flexibility index (Phi) is 3.63. The lowest BCUT2D eigenvalue weighted by Gasteiger charge is -2.23. The van der Waals surface area contributed by atoms with E-state index >= 15 is 0 Å². The van der Waals surface area contributed by atoms with Crippen LogP contribution in [0.5, 0.6) is 0 Å². The molecule has 9 heteroatoms. The van der Waals surface area contributed by atoms with Crippen LogP contribution in [0.3, 0.4) is 0 Å². The van der Waals surface area contributed by atoms with E-state index in [1.165, 1.54) is 0 Å². The minimum absolute atomic E-state index is 0.000901. The predicted octanol–water partition coefficient (Wildman–Crippen LogP) is -1.23. The summed E-state index contributed by atoms with van der Waals surface area (Å²) in [7, 11) is -6.80. The molecule has 1 rings (SSSR count). The molecule has 16 heavy (non-hydrogen) atoms. The third-order valence-corrected chi connectivity index (χ3v) is 5.96. The number of sulfone groups is 1. The minimum atomic E-state index is -3.65. The summed E-state index contributed by atoms with van der Waals surface area (Å²) in [6.45, 7) is 1.56. The van der Waals surface area contributed by atoms with E-state index in [1.54, 1.807) is 6.92 Å². The van der Waals surface area contributed by atoms with E-state index in [0.717, 1.165) is 0 Å². The fraction of sp³-hybridized carbons (Fsp3) is 0.857. The summed E-state index contributed by atoms with van der Waals surface area (Å²) in [5.74, 6) is -0.645. The third kappa shape index (κ3) is 3.96. The second-order valence-corrected chi connectivity index (χ2v) is 8.66. The fourth-order valence-corrected chi connectivity index (χ4v) is 5.71. The zero-order valence-corrected chi connectivity index (χ0v) is 11.2. The number of hydrogen-bond donors (Lipinski definition) is 2. The monoisotopic (exact) mass is 286 g/mol. The smallest absolute Gasteiger partial charge is 0.218 e. The van der Waals surface area contributed by atoms with E-state index in [2.05, 4.69) is 16.9 Å². The second kappa shape index (κ2) is 4.21. The number of thiocarbonyl (C=S) groups is 1. The van der Waals surface area contributed by atoms with Crippen LogP contribution in [0.15, 0.2) is 0 Å². The maximum atomic E-state index is 11.5. The molecule has 1 aliphatic rings. The number of hydrogen-bond acceptors (Lipinski definition) is 5. The van der Waals surface area contributed by atoms with Crippen molar-refractivity contribution in [2.24, 2.45) is 5.73 Å². The fourth-order valence-electron chi connectivity index (χ4n) is 1.69. The van der Waals surface area contributed by atoms with Crippen molar-refractivity contribution in [3.05, 3.63) is 0 Å². The Labute approximate surface area is 101 Å². The van der Waals surface area contributed by atoms with Crippen molar-refractivity contribution in [2.45, 2.75) is 18.9 Å². The molecule has 6 nitrogen and oxygen atoms in total. The maximum Gasteiger partial charge on any atom is 0.218 e. The van der Waals surface area contributed by atoms with Gasteiger partial charge < -0.3 is 5.73 Å². The van der Waals surface area contributed by atoms with Crippen LogP contribution in [0, 0.1) is 0 Å². The standard InChI is InChI=1S/C7H14N2O4S3/c1-7(2-3-15(10,11)5-7)9-16(12,13)4-6(8)14/h9H,2-5H2,1H3,(H2,8,14). The van der Waals surface area contributed by atoms with Gasteiger partial charge in [-0.2, -0.15) is 0 Å². The van der Waals surface area contributed by atoms with Crippen molar-refractivity contribution in [2.75, 3.05) is 17.3 Å². The number of sulfonamides is 1. The Morgan fingerprint density at radius 1 is 1.56 bits per heavy atom. The predicted molar refractivity (Wildman–Crippen MR) is 65.4 cm³/mol. The Morgan fingerprint density at radius 2 is 2.12 bits per heavy atom. The molecule has 0 amide bonds. The summed E-state index contributed by atoms with van der Waals surface area (Å²) in [5.41, 5.74) is 4.20. The van der Waals surface area contributed by atoms with Crippen LogP contribution in [0.1, 0.15) is 13.3 Å². The van der Waals surface area contributed by atoms with E-state index < -0.39 is 31.2 Å². The molecule has 0 aliphatic carbocycles. The van der Waals surface area contributed by atoms with Crippen LogP contribution < -0.4 is 10.5 Å². The first-order chi connectivity index (χ1) is 7.04. The normalized spacial score (nSPS) is 29.1. The van der Waals surface area contributed by atoms with Gasteiger partial charge in [0.25, 0.3) is 0 Å². The molecule has 94 valence electrons. The van der Waals surface area contributed by atoms with Crippen LogP contribution >= 0.6 is 12.2 Å². The summed E-state index contributed by atoms with van der Waals surface area (Å²) in [5, 5.41) is 0. The van der Waals surface area contributed by atoms with Gasteiger partial charge in [-0.25, -0.2) is 21.6 Å². The lowest BCUT2D eigenvalue weighted by atomic mass is 10.0. The molecule has 0 radical (unpaired) electrons. The van der Waals surface area contributed by atoms with E-state index in [0.29, 0.717) is 0 Å². The zero-order chi connectivity index (χ0) is 12.6. The highest BCUT2D eigenvalue weighted by atomic mass is 32.2. The molecule has 0 aromatic heterocycles. The van der Waals surface area contributed by atoms with Crippen molar-refractivity contribution in [1.82, 2.24) is 4.72 Å². The lowest BCUT2D eigenvalue weighted by Crippen LogP contribution is -2.48. The van der Waals surface area contributed by atoms with Crippen LogP contribution in [0.4, 0.5) is 0 Å². The Bertz CT molecular complexity index is 496. The van der Waals surface area contributed by atoms with Gasteiger partial charge in [-0.15, -0.1) is 0 Å². The number of nitrogens with one attached hydrogen (secondary N) is 1. The number of rotatable bonds is 4. The third-order valence-electron chi connectivity index (χ3n) is 2.24. The van der Waals surface area contributed by atoms with Gasteiger partial charge in [0.1, 0.15) is 5.75 Å². The van der Waals surface area contributed by atoms with Gasteiger partial charge in [-0.05, 0) is 13.3 Å². The van der Waals surface area contributed by atoms with Gasteiger partial charge in [0.2, 0.25) is 10.0 Å². The molecular formula is C7H14N2O4S3. The molecule has 1 saturated heterocycles. The van der Waals surface area contributed by atoms with Crippen molar-refractivity contribution >= 4 is 37.1 Å². The molecule has 3 N–H and O–H groups in total. The molecule has 0 saturated carbocycles. The van der Waals surface area contributed by atoms with Gasteiger partial charge >= 0.3 is 0 Å². The quantitative estimate of drug-likeness (QED) is 0.627. The van der Waals surface area contributed by atoms with Crippen molar-refractivity contribution < 1.29 is 16.8 Å². The topological polar surface area (TPSA) is 106 Å². The van der Waals surface area contributed by atoms with E-state index in [4.69, 9.17) is 5.73 Å². The average Bonchev–Trinajstić information content (AvgIpc) is 2.19. The van der Waals surface area contributed by atoms with Crippen molar-refractivity contribution in [1.29, 1.82) is 0 Å². The molecule has 0 aromatic carbocycles. The lowest BCUT2D eigenvalue weighted by molar-refractivity contribution is 0.463. The van der Waals surface area contributed by atoms with Gasteiger partial charge in [-0.1, -0.05) is 12.2 Å². The van der Waals surface area contributed by atoms with Crippen LogP contribution in [-0.4, -0.2) is 44.6 Å². The molecule has 1 aliphatic heterocycles.